The molecule has 192 valence electrons. The van der Waals surface area contributed by atoms with E-state index in [1.54, 1.807) is 15.6 Å². The summed E-state index contributed by atoms with van der Waals surface area (Å²) in [7, 11) is -3.20. The number of thiophene rings is 1. The predicted molar refractivity (Wildman–Crippen MR) is 149 cm³/mol. The maximum atomic E-state index is 12.3. The molecule has 3 heterocycles. The average Bonchev–Trinajstić information content (AvgIpc) is 3.24. The van der Waals surface area contributed by atoms with Crippen molar-refractivity contribution in [1.29, 1.82) is 0 Å². The van der Waals surface area contributed by atoms with Crippen molar-refractivity contribution in [3.63, 3.8) is 0 Å². The molecule has 12 heteroatoms. The molecule has 1 aromatic carbocycles. The van der Waals surface area contributed by atoms with Crippen molar-refractivity contribution >= 4 is 66.3 Å². The van der Waals surface area contributed by atoms with Crippen LogP contribution in [0.4, 0.5) is 23.1 Å². The molecule has 2 aromatic heterocycles. The molecular weight excluding hydrogens is 564 g/mol. The largest absolute Gasteiger partial charge is 0.340 e. The number of sulfonamides is 1. The first kappa shape index (κ1) is 26.5. The summed E-state index contributed by atoms with van der Waals surface area (Å²) in [5, 5.41) is 8.18. The van der Waals surface area contributed by atoms with Gasteiger partial charge in [-0.1, -0.05) is 6.92 Å². The standard InChI is InChI=1S/C24H29BrN6O3S2/c1-3-12-36(33,34)31-10-8-30(9-11-31)24-26-17(2)13-22(29-24)27-19-4-6-20(7-5-19)28-23(32)15-21-14-18(25)16-35-21/h4-7,13-14,16H,3,8-12,15H2,1-2H3,(H,28,32)(H,26,27,29). The van der Waals surface area contributed by atoms with E-state index in [2.05, 4.69) is 36.5 Å². The van der Waals surface area contributed by atoms with Crippen LogP contribution in [0.2, 0.25) is 0 Å². The summed E-state index contributed by atoms with van der Waals surface area (Å²) in [4.78, 5) is 24.5. The van der Waals surface area contributed by atoms with E-state index in [-0.39, 0.29) is 11.7 Å². The lowest BCUT2D eigenvalue weighted by Gasteiger charge is -2.34. The maximum Gasteiger partial charge on any atom is 0.229 e. The van der Waals surface area contributed by atoms with Crippen LogP contribution in [0, 0.1) is 6.92 Å². The predicted octanol–water partition coefficient (Wildman–Crippen LogP) is 4.40. The minimum Gasteiger partial charge on any atom is -0.340 e. The number of nitrogens with zero attached hydrogens (tertiary/aromatic N) is 4. The molecule has 4 rings (SSSR count). The number of hydrogen-bond donors (Lipinski definition) is 2. The van der Waals surface area contributed by atoms with E-state index in [1.165, 1.54) is 0 Å². The fraction of sp³-hybridized carbons (Fsp3) is 0.375. The van der Waals surface area contributed by atoms with Crippen molar-refractivity contribution in [2.24, 2.45) is 0 Å². The molecule has 9 nitrogen and oxygen atoms in total. The zero-order valence-corrected chi connectivity index (χ0v) is 23.4. The van der Waals surface area contributed by atoms with Crippen LogP contribution in [0.5, 0.6) is 0 Å². The van der Waals surface area contributed by atoms with Crippen molar-refractivity contribution in [2.45, 2.75) is 26.7 Å². The molecule has 3 aromatic rings. The van der Waals surface area contributed by atoms with Gasteiger partial charge in [0.25, 0.3) is 0 Å². The minimum absolute atomic E-state index is 0.0660. The van der Waals surface area contributed by atoms with Crippen molar-refractivity contribution < 1.29 is 13.2 Å². The highest BCUT2D eigenvalue weighted by Gasteiger charge is 2.27. The van der Waals surface area contributed by atoms with Crippen LogP contribution in [0.25, 0.3) is 0 Å². The number of anilines is 4. The molecule has 0 atom stereocenters. The van der Waals surface area contributed by atoms with Gasteiger partial charge in [-0.05, 0) is 59.6 Å². The van der Waals surface area contributed by atoms with Crippen molar-refractivity contribution in [2.75, 3.05) is 47.5 Å². The van der Waals surface area contributed by atoms with E-state index in [1.807, 2.05) is 60.5 Å². The number of amides is 1. The number of rotatable bonds is 9. The molecule has 0 radical (unpaired) electrons. The van der Waals surface area contributed by atoms with Gasteiger partial charge in [0.15, 0.2) is 0 Å². The lowest BCUT2D eigenvalue weighted by molar-refractivity contribution is -0.115. The molecule has 0 unspecified atom stereocenters. The Morgan fingerprint density at radius 2 is 1.78 bits per heavy atom. The number of carbonyl (C=O) groups is 1. The van der Waals surface area contributed by atoms with Gasteiger partial charge in [-0.25, -0.2) is 13.4 Å². The highest BCUT2D eigenvalue weighted by Crippen LogP contribution is 2.23. The van der Waals surface area contributed by atoms with Crippen LogP contribution in [0.1, 0.15) is 23.9 Å². The molecule has 1 amide bonds. The van der Waals surface area contributed by atoms with Gasteiger partial charge in [0.05, 0.1) is 12.2 Å². The second-order valence-electron chi connectivity index (χ2n) is 8.56. The van der Waals surface area contributed by atoms with Gasteiger partial charge in [-0.3, -0.25) is 4.79 Å². The SMILES string of the molecule is CCCS(=O)(=O)N1CCN(c2nc(C)cc(Nc3ccc(NC(=O)Cc4cc(Br)cs4)cc3)n2)CC1. The molecule has 0 bridgehead atoms. The van der Waals surface area contributed by atoms with E-state index < -0.39 is 10.0 Å². The first-order valence-electron chi connectivity index (χ1n) is 11.7. The third-order valence-corrected chi connectivity index (χ3v) is 9.39. The fourth-order valence-corrected chi connectivity index (χ4v) is 6.85. The Labute approximate surface area is 224 Å². The van der Waals surface area contributed by atoms with Gasteiger partial charge in [0, 0.05) is 64.0 Å². The Kier molecular flexibility index (Phi) is 8.60. The van der Waals surface area contributed by atoms with E-state index in [9.17, 15) is 13.2 Å². The topological polar surface area (TPSA) is 108 Å². The number of aromatic nitrogens is 2. The molecule has 0 aliphatic carbocycles. The number of carbonyl (C=O) groups excluding carboxylic acids is 1. The van der Waals surface area contributed by atoms with Crippen molar-refractivity contribution in [3.8, 4) is 0 Å². The van der Waals surface area contributed by atoms with Crippen LogP contribution < -0.4 is 15.5 Å². The third-order valence-electron chi connectivity index (χ3n) is 5.62. The monoisotopic (exact) mass is 592 g/mol. The average molecular weight is 594 g/mol. The number of nitrogens with one attached hydrogen (secondary N) is 2. The summed E-state index contributed by atoms with van der Waals surface area (Å²) < 4.78 is 27.2. The quantitative estimate of drug-likeness (QED) is 0.379. The molecular formula is C24H29BrN6O3S2. The summed E-state index contributed by atoms with van der Waals surface area (Å²) in [6, 6.07) is 11.3. The van der Waals surface area contributed by atoms with E-state index >= 15 is 0 Å². The molecule has 0 spiro atoms. The molecule has 2 N–H and O–H groups in total. The highest BCUT2D eigenvalue weighted by atomic mass is 79.9. The van der Waals surface area contributed by atoms with Crippen LogP contribution in [-0.4, -0.2) is 60.5 Å². The third kappa shape index (κ3) is 7.02. The van der Waals surface area contributed by atoms with Crippen LogP contribution >= 0.6 is 27.3 Å². The van der Waals surface area contributed by atoms with Crippen molar-refractivity contribution in [3.05, 3.63) is 56.8 Å². The summed E-state index contributed by atoms with van der Waals surface area (Å²) in [6.07, 6.45) is 0.942. The molecule has 1 aliphatic heterocycles. The zero-order valence-electron chi connectivity index (χ0n) is 20.2. The fourth-order valence-electron chi connectivity index (χ4n) is 3.91. The van der Waals surface area contributed by atoms with Crippen LogP contribution in [-0.2, 0) is 21.2 Å². The molecule has 36 heavy (non-hydrogen) atoms. The Morgan fingerprint density at radius 3 is 2.42 bits per heavy atom. The molecule has 1 saturated heterocycles. The minimum atomic E-state index is -3.20. The lowest BCUT2D eigenvalue weighted by atomic mass is 10.2. The Morgan fingerprint density at radius 1 is 1.08 bits per heavy atom. The Bertz CT molecular complexity index is 1310. The molecule has 1 fully saturated rings. The highest BCUT2D eigenvalue weighted by molar-refractivity contribution is 9.10. The Balaban J connectivity index is 1.36. The van der Waals surface area contributed by atoms with Gasteiger partial charge in [-0.2, -0.15) is 9.29 Å². The second-order valence-corrected chi connectivity index (χ2v) is 12.6. The van der Waals surface area contributed by atoms with Gasteiger partial charge >= 0.3 is 0 Å². The first-order chi connectivity index (χ1) is 17.2. The van der Waals surface area contributed by atoms with Gasteiger partial charge < -0.3 is 15.5 Å². The number of aryl methyl sites for hydroxylation is 1. The molecule has 1 aliphatic rings. The number of hydrogen-bond acceptors (Lipinski definition) is 8. The number of halogens is 1. The van der Waals surface area contributed by atoms with Gasteiger partial charge in [0.1, 0.15) is 5.82 Å². The van der Waals surface area contributed by atoms with Crippen LogP contribution in [0.3, 0.4) is 0 Å². The smallest absolute Gasteiger partial charge is 0.229 e. The van der Waals surface area contributed by atoms with E-state index in [0.717, 1.165) is 26.4 Å². The normalized spacial score (nSPS) is 14.6. The summed E-state index contributed by atoms with van der Waals surface area (Å²) in [5.41, 5.74) is 2.36. The van der Waals surface area contributed by atoms with E-state index in [0.29, 0.717) is 50.8 Å². The van der Waals surface area contributed by atoms with Gasteiger partial charge in [0.2, 0.25) is 21.9 Å². The number of benzene rings is 1. The first-order valence-corrected chi connectivity index (χ1v) is 15.0. The zero-order chi connectivity index (χ0) is 25.7. The second kappa shape index (κ2) is 11.7. The number of piperazine rings is 1. The molecule has 0 saturated carbocycles. The maximum absolute atomic E-state index is 12.3. The van der Waals surface area contributed by atoms with Gasteiger partial charge in [-0.15, -0.1) is 11.3 Å². The summed E-state index contributed by atoms with van der Waals surface area (Å²) in [6.45, 7) is 5.73. The van der Waals surface area contributed by atoms with Crippen molar-refractivity contribution in [1.82, 2.24) is 14.3 Å². The Hall–Kier alpha value is -2.54. The summed E-state index contributed by atoms with van der Waals surface area (Å²) >= 11 is 4.95. The summed E-state index contributed by atoms with van der Waals surface area (Å²) in [5.74, 6) is 1.34. The van der Waals surface area contributed by atoms with Crippen LogP contribution in [0.15, 0.2) is 46.3 Å². The lowest BCUT2D eigenvalue weighted by Crippen LogP contribution is -2.49. The van der Waals surface area contributed by atoms with E-state index in [4.69, 9.17) is 0 Å².